The van der Waals surface area contributed by atoms with Gasteiger partial charge in [-0.2, -0.15) is 0 Å². The summed E-state index contributed by atoms with van der Waals surface area (Å²) >= 11 is 0. The second kappa shape index (κ2) is 36.9. The molecule has 0 aliphatic heterocycles. The molecule has 4 heteroatoms. The quantitative estimate of drug-likeness (QED) is 0.0603. The predicted molar refractivity (Wildman–Crippen MR) is 193 cm³/mol. The van der Waals surface area contributed by atoms with E-state index in [0.29, 0.717) is 12.8 Å². The van der Waals surface area contributed by atoms with Gasteiger partial charge in [-0.15, -0.1) is 0 Å². The third-order valence-corrected chi connectivity index (χ3v) is 9.62. The molecule has 0 rings (SSSR count). The lowest BCUT2D eigenvalue weighted by Crippen LogP contribution is -2.45. The van der Waals surface area contributed by atoms with Crippen molar-refractivity contribution in [3.05, 3.63) is 0 Å². The summed E-state index contributed by atoms with van der Waals surface area (Å²) < 4.78 is 0. The Morgan fingerprint density at radius 1 is 0.455 bits per heavy atom. The highest BCUT2D eigenvalue weighted by atomic mass is 16.3. The Balaban J connectivity index is 3.41. The summed E-state index contributed by atoms with van der Waals surface area (Å²) in [7, 11) is 0. The average Bonchev–Trinajstić information content (AvgIpc) is 3.03. The van der Waals surface area contributed by atoms with Crippen LogP contribution in [0, 0.1) is 0 Å². The summed E-state index contributed by atoms with van der Waals surface area (Å²) in [5, 5.41) is 23.0. The number of carbonyl (C=O) groups excluding carboxylic acids is 1. The molecule has 3 N–H and O–H groups in total. The number of rotatable bonds is 37. The summed E-state index contributed by atoms with van der Waals surface area (Å²) in [4.78, 5) is 12.3. The maximum atomic E-state index is 12.3. The zero-order valence-corrected chi connectivity index (χ0v) is 30.2. The Morgan fingerprint density at radius 3 is 1.02 bits per heavy atom. The van der Waals surface area contributed by atoms with Crippen LogP contribution in [0.1, 0.15) is 232 Å². The maximum absolute atomic E-state index is 12.3. The lowest BCUT2D eigenvalue weighted by atomic mass is 10.0. The van der Waals surface area contributed by atoms with Crippen molar-refractivity contribution in [1.29, 1.82) is 0 Å². The van der Waals surface area contributed by atoms with E-state index in [9.17, 15) is 15.0 Å². The molecule has 0 unspecified atom stereocenters. The summed E-state index contributed by atoms with van der Waals surface area (Å²) in [5.74, 6) is -0.0290. The van der Waals surface area contributed by atoms with Crippen molar-refractivity contribution >= 4 is 5.91 Å². The van der Waals surface area contributed by atoms with E-state index in [4.69, 9.17) is 0 Å². The first-order valence-electron chi connectivity index (χ1n) is 20.2. The van der Waals surface area contributed by atoms with Crippen LogP contribution in [0.25, 0.3) is 0 Å². The highest BCUT2D eigenvalue weighted by Crippen LogP contribution is 2.16. The van der Waals surface area contributed by atoms with Gasteiger partial charge >= 0.3 is 0 Å². The number of aliphatic hydroxyl groups is 2. The van der Waals surface area contributed by atoms with Crippen molar-refractivity contribution in [3.8, 4) is 0 Å². The Morgan fingerprint density at radius 2 is 0.727 bits per heavy atom. The number of carbonyl (C=O) groups is 1. The number of aliphatic hydroxyl groups excluding tert-OH is 2. The number of hydrogen-bond acceptors (Lipinski definition) is 3. The van der Waals surface area contributed by atoms with Crippen LogP contribution in [0.15, 0.2) is 0 Å². The van der Waals surface area contributed by atoms with Crippen molar-refractivity contribution < 1.29 is 15.0 Å². The number of hydrogen-bond donors (Lipinski definition) is 3. The molecule has 0 aromatic rings. The van der Waals surface area contributed by atoms with E-state index >= 15 is 0 Å². The van der Waals surface area contributed by atoms with Gasteiger partial charge in [-0.05, 0) is 12.8 Å². The van der Waals surface area contributed by atoms with Gasteiger partial charge in [0.1, 0.15) is 0 Å². The van der Waals surface area contributed by atoms with Crippen molar-refractivity contribution in [2.24, 2.45) is 0 Å². The predicted octanol–water partition coefficient (Wildman–Crippen LogP) is 12.1. The molecule has 0 heterocycles. The van der Waals surface area contributed by atoms with E-state index in [0.717, 1.165) is 25.7 Å². The molecular formula is C40H81NO3. The molecule has 44 heavy (non-hydrogen) atoms. The van der Waals surface area contributed by atoms with Gasteiger partial charge in [0.2, 0.25) is 5.91 Å². The molecule has 0 bridgehead atoms. The molecular weight excluding hydrogens is 542 g/mol. The first-order valence-corrected chi connectivity index (χ1v) is 20.2. The third-order valence-electron chi connectivity index (χ3n) is 9.62. The minimum absolute atomic E-state index is 0.0290. The van der Waals surface area contributed by atoms with Gasteiger partial charge in [-0.1, -0.05) is 213 Å². The van der Waals surface area contributed by atoms with Crippen LogP contribution in [0.4, 0.5) is 0 Å². The van der Waals surface area contributed by atoms with Crippen molar-refractivity contribution in [1.82, 2.24) is 5.32 Å². The molecule has 0 saturated heterocycles. The fourth-order valence-electron chi connectivity index (χ4n) is 6.48. The molecule has 0 radical (unpaired) electrons. The van der Waals surface area contributed by atoms with Gasteiger partial charge in [0, 0.05) is 6.42 Å². The normalized spacial score (nSPS) is 12.9. The van der Waals surface area contributed by atoms with Crippen molar-refractivity contribution in [2.45, 2.75) is 244 Å². The van der Waals surface area contributed by atoms with Gasteiger partial charge in [-0.3, -0.25) is 4.79 Å². The fourth-order valence-corrected chi connectivity index (χ4v) is 6.48. The molecule has 0 saturated carbocycles. The number of unbranched alkanes of at least 4 members (excludes halogenated alkanes) is 30. The minimum atomic E-state index is -0.650. The zero-order valence-electron chi connectivity index (χ0n) is 30.2. The van der Waals surface area contributed by atoms with Crippen LogP contribution >= 0.6 is 0 Å². The van der Waals surface area contributed by atoms with Crippen LogP contribution in [-0.4, -0.2) is 34.9 Å². The highest BCUT2D eigenvalue weighted by Gasteiger charge is 2.19. The zero-order chi connectivity index (χ0) is 32.2. The van der Waals surface area contributed by atoms with E-state index in [1.165, 1.54) is 180 Å². The van der Waals surface area contributed by atoms with Crippen molar-refractivity contribution in [2.75, 3.05) is 6.61 Å². The first-order chi connectivity index (χ1) is 21.7. The Labute approximate surface area is 276 Å². The first kappa shape index (κ1) is 43.4. The monoisotopic (exact) mass is 624 g/mol. The Hall–Kier alpha value is -0.610. The lowest BCUT2D eigenvalue weighted by molar-refractivity contribution is -0.123. The molecule has 1 amide bonds. The van der Waals surface area contributed by atoms with Gasteiger partial charge in [-0.25, -0.2) is 0 Å². The summed E-state index contributed by atoms with van der Waals surface area (Å²) in [5.41, 5.74) is 0. The summed E-state index contributed by atoms with van der Waals surface area (Å²) in [6.45, 7) is 4.35. The summed E-state index contributed by atoms with van der Waals surface area (Å²) in [6.07, 6.45) is 43.2. The van der Waals surface area contributed by atoms with Gasteiger partial charge < -0.3 is 15.5 Å². The fraction of sp³-hybridized carbons (Fsp3) is 0.975. The largest absolute Gasteiger partial charge is 0.394 e. The average molecular weight is 624 g/mol. The van der Waals surface area contributed by atoms with E-state index < -0.39 is 12.1 Å². The van der Waals surface area contributed by atoms with Crippen LogP contribution in [-0.2, 0) is 4.79 Å². The molecule has 4 nitrogen and oxygen atoms in total. The standard InChI is InChI=1S/C40H81NO3/c1-3-5-7-9-11-13-14-15-16-17-18-19-20-21-22-23-24-25-26-28-30-32-34-36-40(44)41-38(37-42)39(43)35-33-31-29-27-12-10-8-6-4-2/h38-39,42-43H,3-37H2,1-2H3,(H,41,44)/t38-,39+/m0/s1. The van der Waals surface area contributed by atoms with Gasteiger partial charge in [0.15, 0.2) is 0 Å². The van der Waals surface area contributed by atoms with Crippen LogP contribution < -0.4 is 5.32 Å². The van der Waals surface area contributed by atoms with Gasteiger partial charge in [0.25, 0.3) is 0 Å². The van der Waals surface area contributed by atoms with E-state index in [1.54, 1.807) is 0 Å². The maximum Gasteiger partial charge on any atom is 0.220 e. The molecule has 0 spiro atoms. The van der Waals surface area contributed by atoms with Crippen LogP contribution in [0.5, 0.6) is 0 Å². The highest BCUT2D eigenvalue weighted by molar-refractivity contribution is 5.76. The Kier molecular flexibility index (Phi) is 36.3. The molecule has 2 atom stereocenters. The van der Waals surface area contributed by atoms with E-state index in [-0.39, 0.29) is 12.5 Å². The smallest absolute Gasteiger partial charge is 0.220 e. The lowest BCUT2D eigenvalue weighted by Gasteiger charge is -2.22. The molecule has 0 aliphatic carbocycles. The van der Waals surface area contributed by atoms with Gasteiger partial charge in [0.05, 0.1) is 18.8 Å². The molecule has 264 valence electrons. The van der Waals surface area contributed by atoms with Crippen molar-refractivity contribution in [3.63, 3.8) is 0 Å². The Bertz CT molecular complexity index is 555. The minimum Gasteiger partial charge on any atom is -0.394 e. The second-order valence-corrected chi connectivity index (χ2v) is 14.1. The third kappa shape index (κ3) is 32.8. The molecule has 0 aliphatic rings. The van der Waals surface area contributed by atoms with Crippen LogP contribution in [0.2, 0.25) is 0 Å². The molecule has 0 aromatic carbocycles. The molecule has 0 fully saturated rings. The van der Waals surface area contributed by atoms with E-state index in [1.807, 2.05) is 0 Å². The second-order valence-electron chi connectivity index (χ2n) is 14.1. The number of amides is 1. The topological polar surface area (TPSA) is 69.6 Å². The SMILES string of the molecule is CCCCCCCCCCCCCCCCCCCCCCCCCC(=O)N[C@@H](CO)[C@H](O)CCCCCCCCCCC. The van der Waals surface area contributed by atoms with Crippen LogP contribution in [0.3, 0.4) is 0 Å². The molecule has 0 aromatic heterocycles. The number of nitrogens with one attached hydrogen (secondary N) is 1. The summed E-state index contributed by atoms with van der Waals surface area (Å²) in [6, 6.07) is -0.527. The van der Waals surface area contributed by atoms with E-state index in [2.05, 4.69) is 19.2 Å².